The maximum absolute atomic E-state index is 14.8. The Bertz CT molecular complexity index is 913. The molecule has 1 aromatic carbocycles. The molecule has 1 amide bonds. The van der Waals surface area contributed by atoms with Gasteiger partial charge in [-0.1, -0.05) is 6.08 Å². The predicted molar refractivity (Wildman–Crippen MR) is 97.7 cm³/mol. The summed E-state index contributed by atoms with van der Waals surface area (Å²) in [4.78, 5) is 19.8. The normalized spacial score (nSPS) is 22.3. The number of H-pyrrole nitrogens is 1. The van der Waals surface area contributed by atoms with Crippen molar-refractivity contribution >= 4 is 22.4 Å². The Morgan fingerprint density at radius 2 is 2.08 bits per heavy atom. The van der Waals surface area contributed by atoms with E-state index in [9.17, 15) is 13.6 Å². The number of rotatable bonds is 3. The van der Waals surface area contributed by atoms with Crippen molar-refractivity contribution in [2.75, 3.05) is 26.7 Å². The number of benzene rings is 1. The highest BCUT2D eigenvalue weighted by Gasteiger charge is 2.38. The Labute approximate surface area is 151 Å². The van der Waals surface area contributed by atoms with Crippen LogP contribution >= 0.6 is 0 Å². The van der Waals surface area contributed by atoms with Crippen LogP contribution in [0.3, 0.4) is 0 Å². The van der Waals surface area contributed by atoms with Crippen LogP contribution in [0.15, 0.2) is 18.3 Å². The van der Waals surface area contributed by atoms with Gasteiger partial charge in [-0.05, 0) is 38.5 Å². The van der Waals surface area contributed by atoms with Crippen molar-refractivity contribution in [2.24, 2.45) is 5.92 Å². The molecule has 138 valence electrons. The van der Waals surface area contributed by atoms with Crippen LogP contribution in [0.5, 0.6) is 0 Å². The molecule has 1 aromatic heterocycles. The molecule has 2 aliphatic rings. The van der Waals surface area contributed by atoms with Crippen molar-refractivity contribution in [3.05, 3.63) is 41.1 Å². The molecule has 0 bridgehead atoms. The van der Waals surface area contributed by atoms with Gasteiger partial charge >= 0.3 is 0 Å². The summed E-state index contributed by atoms with van der Waals surface area (Å²) in [5.41, 5.74) is 2.65. The maximum atomic E-state index is 14.8. The Balaban J connectivity index is 1.88. The van der Waals surface area contributed by atoms with Crippen molar-refractivity contribution in [3.63, 3.8) is 0 Å². The van der Waals surface area contributed by atoms with E-state index >= 15 is 0 Å². The van der Waals surface area contributed by atoms with E-state index in [0.717, 1.165) is 22.9 Å². The molecule has 4 nitrogen and oxygen atoms in total. The van der Waals surface area contributed by atoms with Crippen LogP contribution in [0.25, 0.3) is 16.5 Å². The third-order valence-corrected chi connectivity index (χ3v) is 5.79. The summed E-state index contributed by atoms with van der Waals surface area (Å²) in [6, 6.07) is 1.17. The maximum Gasteiger partial charge on any atom is 0.230 e. The number of amides is 1. The minimum atomic E-state index is -0.859. The average Bonchev–Trinajstić information content (AvgIpc) is 3.02. The van der Waals surface area contributed by atoms with E-state index in [1.165, 1.54) is 6.07 Å². The van der Waals surface area contributed by atoms with Crippen LogP contribution in [0.1, 0.15) is 25.0 Å². The van der Waals surface area contributed by atoms with E-state index in [0.29, 0.717) is 30.7 Å². The summed E-state index contributed by atoms with van der Waals surface area (Å²) in [6.45, 7) is 5.77. The molecule has 2 atom stereocenters. The fourth-order valence-corrected chi connectivity index (χ4v) is 4.44. The quantitative estimate of drug-likeness (QED) is 0.914. The van der Waals surface area contributed by atoms with Gasteiger partial charge in [-0.2, -0.15) is 0 Å². The summed E-state index contributed by atoms with van der Waals surface area (Å²) < 4.78 is 29.0. The zero-order chi connectivity index (χ0) is 18.6. The van der Waals surface area contributed by atoms with Gasteiger partial charge in [0.05, 0.1) is 5.92 Å². The van der Waals surface area contributed by atoms with Crippen LogP contribution < -0.4 is 0 Å². The molecule has 0 unspecified atom stereocenters. The van der Waals surface area contributed by atoms with Crippen molar-refractivity contribution < 1.29 is 13.6 Å². The van der Waals surface area contributed by atoms with Gasteiger partial charge in [-0.3, -0.25) is 9.69 Å². The zero-order valence-electron chi connectivity index (χ0n) is 15.3. The van der Waals surface area contributed by atoms with Gasteiger partial charge in [0.15, 0.2) is 11.6 Å². The SMILES string of the molecule is CCN(CC)C(=O)[C@@H]1C=C2c3c(F)c(F)cc4[nH]cc(c34)C[C@H]2N(C)C1. The first-order valence-corrected chi connectivity index (χ1v) is 9.15. The predicted octanol–water partition coefficient (Wildman–Crippen LogP) is 3.18. The summed E-state index contributed by atoms with van der Waals surface area (Å²) >= 11 is 0. The number of hydrogen-bond donors (Lipinski definition) is 1. The number of nitrogens with zero attached hydrogens (tertiary/aromatic N) is 2. The fraction of sp³-hybridized carbons (Fsp3) is 0.450. The van der Waals surface area contributed by atoms with Crippen LogP contribution in [0.2, 0.25) is 0 Å². The molecule has 0 spiro atoms. The molecule has 26 heavy (non-hydrogen) atoms. The van der Waals surface area contributed by atoms with Gasteiger partial charge in [-0.15, -0.1) is 0 Å². The molecule has 1 aliphatic heterocycles. The van der Waals surface area contributed by atoms with E-state index in [1.807, 2.05) is 33.2 Å². The molecule has 2 heterocycles. The van der Waals surface area contributed by atoms with Crippen LogP contribution in [-0.2, 0) is 11.2 Å². The molecule has 4 rings (SSSR count). The molecule has 6 heteroatoms. The van der Waals surface area contributed by atoms with E-state index < -0.39 is 11.6 Å². The topological polar surface area (TPSA) is 39.3 Å². The first kappa shape index (κ1) is 17.2. The Kier molecular flexibility index (Phi) is 4.10. The minimum absolute atomic E-state index is 0.0423. The lowest BCUT2D eigenvalue weighted by Crippen LogP contribution is -2.47. The van der Waals surface area contributed by atoms with Gasteiger partial charge in [0, 0.05) is 54.4 Å². The van der Waals surface area contributed by atoms with E-state index in [-0.39, 0.29) is 17.9 Å². The molecular weight excluding hydrogens is 336 g/mol. The molecule has 0 radical (unpaired) electrons. The Morgan fingerprint density at radius 1 is 1.35 bits per heavy atom. The molecular formula is C20H23F2N3O. The summed E-state index contributed by atoms with van der Waals surface area (Å²) in [7, 11) is 1.95. The van der Waals surface area contributed by atoms with E-state index in [2.05, 4.69) is 9.88 Å². The number of aromatic amines is 1. The number of aromatic nitrogens is 1. The van der Waals surface area contributed by atoms with Crippen molar-refractivity contribution in [3.8, 4) is 0 Å². The van der Waals surface area contributed by atoms with Crippen LogP contribution in [0, 0.1) is 17.6 Å². The number of nitrogens with one attached hydrogen (secondary N) is 1. The summed E-state index contributed by atoms with van der Waals surface area (Å²) in [6.07, 6.45) is 4.44. The largest absolute Gasteiger partial charge is 0.361 e. The summed E-state index contributed by atoms with van der Waals surface area (Å²) in [5, 5.41) is 0.746. The number of halogens is 2. The second-order valence-corrected chi connectivity index (χ2v) is 7.18. The molecule has 0 saturated carbocycles. The number of fused-ring (bicyclic) bond motifs is 2. The van der Waals surface area contributed by atoms with Crippen molar-refractivity contribution in [2.45, 2.75) is 26.3 Å². The van der Waals surface area contributed by atoms with Gasteiger partial charge in [0.1, 0.15) is 0 Å². The third-order valence-electron chi connectivity index (χ3n) is 5.79. The highest BCUT2D eigenvalue weighted by atomic mass is 19.2. The monoisotopic (exact) mass is 359 g/mol. The lowest BCUT2D eigenvalue weighted by molar-refractivity contribution is -0.134. The number of carbonyl (C=O) groups is 1. The summed E-state index contributed by atoms with van der Waals surface area (Å²) in [5.74, 6) is -1.98. The smallest absolute Gasteiger partial charge is 0.230 e. The number of carbonyl (C=O) groups excluding carboxylic acids is 1. The molecule has 0 fully saturated rings. The lowest BCUT2D eigenvalue weighted by atomic mass is 9.79. The van der Waals surface area contributed by atoms with Crippen molar-refractivity contribution in [1.82, 2.24) is 14.8 Å². The first-order chi connectivity index (χ1) is 12.5. The average molecular weight is 359 g/mol. The van der Waals surface area contributed by atoms with Crippen LogP contribution in [0.4, 0.5) is 8.78 Å². The fourth-order valence-electron chi connectivity index (χ4n) is 4.44. The Hall–Kier alpha value is -2.21. The lowest BCUT2D eigenvalue weighted by Gasteiger charge is -2.40. The highest BCUT2D eigenvalue weighted by molar-refractivity contribution is 5.99. The van der Waals surface area contributed by atoms with E-state index in [4.69, 9.17) is 0 Å². The molecule has 2 aromatic rings. The highest BCUT2D eigenvalue weighted by Crippen LogP contribution is 2.43. The number of likely N-dealkylation sites (N-methyl/N-ethyl adjacent to an activating group) is 1. The minimum Gasteiger partial charge on any atom is -0.361 e. The number of hydrogen-bond acceptors (Lipinski definition) is 2. The molecule has 1 aliphatic carbocycles. The second-order valence-electron chi connectivity index (χ2n) is 7.18. The first-order valence-electron chi connectivity index (χ1n) is 9.15. The van der Waals surface area contributed by atoms with E-state index in [1.54, 1.807) is 4.90 Å². The molecule has 1 N–H and O–H groups in total. The van der Waals surface area contributed by atoms with Gasteiger partial charge in [0.25, 0.3) is 0 Å². The standard InChI is InChI=1S/C20H23F2N3O/c1-4-25(5-2)20(26)12-6-13-16(24(3)10-12)7-11-9-23-15-8-14(21)19(22)18(13)17(11)15/h6,8-9,12,16,23H,4-5,7,10H2,1-3H3/t12-,16-/m1/s1. The second kappa shape index (κ2) is 6.20. The van der Waals surface area contributed by atoms with Crippen molar-refractivity contribution in [1.29, 1.82) is 0 Å². The molecule has 0 saturated heterocycles. The third kappa shape index (κ3) is 2.39. The van der Waals surface area contributed by atoms with Gasteiger partial charge < -0.3 is 9.88 Å². The Morgan fingerprint density at radius 3 is 2.77 bits per heavy atom. The van der Waals surface area contributed by atoms with Gasteiger partial charge in [-0.25, -0.2) is 8.78 Å². The van der Waals surface area contributed by atoms with Gasteiger partial charge in [0.2, 0.25) is 5.91 Å². The van der Waals surface area contributed by atoms with Crippen LogP contribution in [-0.4, -0.2) is 53.4 Å². The zero-order valence-corrected chi connectivity index (χ0v) is 15.3.